The summed E-state index contributed by atoms with van der Waals surface area (Å²) >= 11 is 5.96. The molecule has 0 radical (unpaired) electrons. The molecule has 4 rings (SSSR count). The van der Waals surface area contributed by atoms with Crippen molar-refractivity contribution < 1.29 is 14.3 Å². The lowest BCUT2D eigenvalue weighted by molar-refractivity contribution is -0.149. The Kier molecular flexibility index (Phi) is 4.32. The minimum Gasteiger partial charge on any atom is -0.481 e. The molecule has 6 heteroatoms. The van der Waals surface area contributed by atoms with Crippen molar-refractivity contribution in [2.75, 3.05) is 13.1 Å². The van der Waals surface area contributed by atoms with Gasteiger partial charge in [-0.3, -0.25) is 9.69 Å². The molecule has 2 aromatic rings. The largest absolute Gasteiger partial charge is 0.481 e. The van der Waals surface area contributed by atoms with Gasteiger partial charge in [-0.1, -0.05) is 18.0 Å². The maximum Gasteiger partial charge on any atom is 0.311 e. The summed E-state index contributed by atoms with van der Waals surface area (Å²) in [5, 5.41) is 10.5. The third-order valence-electron chi connectivity index (χ3n) is 6.15. The van der Waals surface area contributed by atoms with Gasteiger partial charge < -0.3 is 9.52 Å². The molecular weight excluding hydrogens is 352 g/mol. The Bertz CT molecular complexity index is 832. The van der Waals surface area contributed by atoms with Gasteiger partial charge >= 0.3 is 5.97 Å². The van der Waals surface area contributed by atoms with Crippen molar-refractivity contribution in [1.82, 2.24) is 9.88 Å². The minimum absolute atomic E-state index is 0.0448. The van der Waals surface area contributed by atoms with E-state index < -0.39 is 11.4 Å². The van der Waals surface area contributed by atoms with Gasteiger partial charge in [0.15, 0.2) is 5.76 Å². The molecule has 0 spiro atoms. The summed E-state index contributed by atoms with van der Waals surface area (Å²) in [6, 6.07) is 7.46. The van der Waals surface area contributed by atoms with Crippen molar-refractivity contribution in [3.8, 4) is 11.3 Å². The summed E-state index contributed by atoms with van der Waals surface area (Å²) in [6.07, 6.45) is 2.78. The molecule has 1 aliphatic heterocycles. The third-order valence-corrected chi connectivity index (χ3v) is 6.40. The molecule has 1 aromatic carbocycles. The van der Waals surface area contributed by atoms with E-state index in [0.29, 0.717) is 17.5 Å². The Hall–Kier alpha value is -1.85. The van der Waals surface area contributed by atoms with Crippen LogP contribution in [0.1, 0.15) is 43.8 Å². The van der Waals surface area contributed by atoms with Gasteiger partial charge in [-0.2, -0.15) is 0 Å². The highest BCUT2D eigenvalue weighted by molar-refractivity contribution is 6.30. The Morgan fingerprint density at radius 2 is 2.15 bits per heavy atom. The number of carboxylic acids is 1. The second-order valence-electron chi connectivity index (χ2n) is 7.63. The quantitative estimate of drug-likeness (QED) is 0.850. The van der Waals surface area contributed by atoms with Crippen molar-refractivity contribution in [3.05, 3.63) is 40.9 Å². The minimum atomic E-state index is -0.653. The first-order valence-electron chi connectivity index (χ1n) is 9.11. The number of carbonyl (C=O) groups is 1. The van der Waals surface area contributed by atoms with Crippen LogP contribution in [-0.4, -0.2) is 34.0 Å². The predicted molar refractivity (Wildman–Crippen MR) is 99.1 cm³/mol. The molecule has 1 aromatic heterocycles. The molecule has 2 fully saturated rings. The van der Waals surface area contributed by atoms with Crippen LogP contribution in [0.2, 0.25) is 5.02 Å². The Balaban J connectivity index is 1.58. The monoisotopic (exact) mass is 374 g/mol. The Morgan fingerprint density at radius 1 is 1.42 bits per heavy atom. The van der Waals surface area contributed by atoms with Crippen LogP contribution in [0.25, 0.3) is 11.3 Å². The number of halogens is 1. The van der Waals surface area contributed by atoms with Gasteiger partial charge in [0.1, 0.15) is 0 Å². The summed E-state index contributed by atoms with van der Waals surface area (Å²) in [6.45, 7) is 5.35. The molecule has 5 nitrogen and oxygen atoms in total. The van der Waals surface area contributed by atoms with Crippen LogP contribution < -0.4 is 0 Å². The molecule has 1 saturated carbocycles. The summed E-state index contributed by atoms with van der Waals surface area (Å²) in [4.78, 5) is 18.7. The van der Waals surface area contributed by atoms with Crippen LogP contribution in [0.5, 0.6) is 0 Å². The summed E-state index contributed by atoms with van der Waals surface area (Å²) in [5.74, 6) is 0.971. The fourth-order valence-electron chi connectivity index (χ4n) is 4.59. The van der Waals surface area contributed by atoms with Gasteiger partial charge in [-0.15, -0.1) is 0 Å². The lowest BCUT2D eigenvalue weighted by Crippen LogP contribution is -2.36. The fourth-order valence-corrected chi connectivity index (χ4v) is 4.72. The van der Waals surface area contributed by atoms with Crippen LogP contribution in [0.15, 0.2) is 28.7 Å². The number of aryl methyl sites for hydroxylation is 1. The number of benzene rings is 1. The number of aliphatic carboxylic acids is 1. The average molecular weight is 375 g/mol. The zero-order chi connectivity index (χ0) is 18.5. The smallest absolute Gasteiger partial charge is 0.311 e. The van der Waals surface area contributed by atoms with E-state index in [4.69, 9.17) is 16.0 Å². The lowest BCUT2D eigenvalue weighted by atomic mass is 9.81. The molecule has 26 heavy (non-hydrogen) atoms. The number of fused-ring (bicyclic) bond motifs is 1. The molecule has 1 saturated heterocycles. The topological polar surface area (TPSA) is 66.6 Å². The first-order valence-corrected chi connectivity index (χ1v) is 9.49. The average Bonchev–Trinajstić information content (AvgIpc) is 3.27. The number of oxazole rings is 1. The van der Waals surface area contributed by atoms with Gasteiger partial charge in [0, 0.05) is 23.7 Å². The molecular formula is C20H23ClN2O3. The molecule has 0 bridgehead atoms. The molecule has 2 heterocycles. The Morgan fingerprint density at radius 3 is 2.81 bits per heavy atom. The van der Waals surface area contributed by atoms with E-state index in [1.807, 2.05) is 38.1 Å². The van der Waals surface area contributed by atoms with E-state index >= 15 is 0 Å². The maximum atomic E-state index is 11.9. The van der Waals surface area contributed by atoms with Crippen molar-refractivity contribution in [1.29, 1.82) is 0 Å². The van der Waals surface area contributed by atoms with Crippen molar-refractivity contribution >= 4 is 17.6 Å². The number of rotatable bonds is 4. The number of carboxylic acid groups (broad SMARTS) is 1. The molecule has 2 aliphatic rings. The van der Waals surface area contributed by atoms with E-state index in [1.165, 1.54) is 0 Å². The van der Waals surface area contributed by atoms with E-state index in [2.05, 4.69) is 9.88 Å². The molecule has 138 valence electrons. The van der Waals surface area contributed by atoms with Gasteiger partial charge in [0.25, 0.3) is 0 Å². The van der Waals surface area contributed by atoms with E-state index in [-0.39, 0.29) is 12.0 Å². The van der Waals surface area contributed by atoms with Gasteiger partial charge in [-0.05, 0) is 56.9 Å². The van der Waals surface area contributed by atoms with Crippen LogP contribution in [0.3, 0.4) is 0 Å². The molecule has 1 unspecified atom stereocenters. The first-order chi connectivity index (χ1) is 12.4. The van der Waals surface area contributed by atoms with E-state index in [1.54, 1.807) is 0 Å². The number of hydrogen-bond acceptors (Lipinski definition) is 4. The van der Waals surface area contributed by atoms with Crippen LogP contribution >= 0.6 is 11.6 Å². The Labute approximate surface area is 158 Å². The number of likely N-dealkylation sites (tertiary alicyclic amines) is 1. The van der Waals surface area contributed by atoms with Crippen LogP contribution in [-0.2, 0) is 4.79 Å². The lowest BCUT2D eigenvalue weighted by Gasteiger charge is -2.25. The predicted octanol–water partition coefficient (Wildman–Crippen LogP) is 4.55. The SMILES string of the molecule is Cc1nc(C(C)N2C[C@@H]3CCC[C@@]3(C(=O)O)C2)oc1-c1ccc(Cl)cc1. The molecule has 3 atom stereocenters. The van der Waals surface area contributed by atoms with Crippen LogP contribution in [0.4, 0.5) is 0 Å². The van der Waals surface area contributed by atoms with Crippen LogP contribution in [0, 0.1) is 18.3 Å². The van der Waals surface area contributed by atoms with Gasteiger partial charge in [0.05, 0.1) is 17.2 Å². The van der Waals surface area contributed by atoms with Crippen molar-refractivity contribution in [2.24, 2.45) is 11.3 Å². The fraction of sp³-hybridized carbons (Fsp3) is 0.500. The summed E-state index contributed by atoms with van der Waals surface area (Å²) < 4.78 is 6.09. The molecule has 0 amide bonds. The molecule has 1 N–H and O–H groups in total. The normalized spacial score (nSPS) is 26.8. The number of nitrogens with zero attached hydrogens (tertiary/aromatic N) is 2. The van der Waals surface area contributed by atoms with Crippen molar-refractivity contribution in [2.45, 2.75) is 39.2 Å². The summed E-state index contributed by atoms with van der Waals surface area (Å²) in [5.41, 5.74) is 1.19. The second kappa shape index (κ2) is 6.39. The van der Waals surface area contributed by atoms with Gasteiger partial charge in [-0.25, -0.2) is 4.98 Å². The van der Waals surface area contributed by atoms with Gasteiger partial charge in [0.2, 0.25) is 5.89 Å². The summed E-state index contributed by atoms with van der Waals surface area (Å²) in [7, 11) is 0. The van der Waals surface area contributed by atoms with E-state index in [9.17, 15) is 9.90 Å². The standard InChI is InChI=1S/C20H23ClN2O3/c1-12-17(14-5-7-16(21)8-6-14)26-18(22-12)13(2)23-10-15-4-3-9-20(15,11-23)19(24)25/h5-8,13,15H,3-4,9-11H2,1-2H3,(H,24,25)/t13?,15-,20+/m0/s1. The number of hydrogen-bond donors (Lipinski definition) is 1. The highest BCUT2D eigenvalue weighted by Gasteiger charge is 2.55. The first kappa shape index (κ1) is 17.6. The second-order valence-corrected chi connectivity index (χ2v) is 8.07. The highest BCUT2D eigenvalue weighted by atomic mass is 35.5. The zero-order valence-electron chi connectivity index (χ0n) is 15.0. The molecule has 1 aliphatic carbocycles. The third kappa shape index (κ3) is 2.74. The van der Waals surface area contributed by atoms with Crippen molar-refractivity contribution in [3.63, 3.8) is 0 Å². The van der Waals surface area contributed by atoms with E-state index in [0.717, 1.165) is 42.8 Å². The maximum absolute atomic E-state index is 11.9. The highest BCUT2D eigenvalue weighted by Crippen LogP contribution is 2.50. The number of aromatic nitrogens is 1. The zero-order valence-corrected chi connectivity index (χ0v) is 15.8.